The molecule has 9 heavy (non-hydrogen) atoms. The van der Waals surface area contributed by atoms with Crippen LogP contribution < -0.4 is 16.8 Å². The van der Waals surface area contributed by atoms with E-state index < -0.39 is 0 Å². The third-order valence-electron chi connectivity index (χ3n) is 0.988. The maximum absolute atomic E-state index is 5.00. The van der Waals surface area contributed by atoms with Crippen molar-refractivity contribution in [3.8, 4) is 0 Å². The van der Waals surface area contributed by atoms with Crippen molar-refractivity contribution in [3.05, 3.63) is 0 Å². The molecule has 4 heteroatoms. The maximum atomic E-state index is 5.00. The molecule has 4 nitrogen and oxygen atoms in total. The number of hydrogen-bond acceptors (Lipinski definition) is 3. The highest BCUT2D eigenvalue weighted by atomic mass is 15.5. The van der Waals surface area contributed by atoms with Crippen molar-refractivity contribution in [3.63, 3.8) is 0 Å². The summed E-state index contributed by atoms with van der Waals surface area (Å²) in [5.74, 6) is 6.24. The molecule has 0 saturated carbocycles. The lowest BCUT2D eigenvalue weighted by molar-refractivity contribution is 0.658. The Morgan fingerprint density at radius 3 is 2.22 bits per heavy atom. The fourth-order valence-electron chi connectivity index (χ4n) is 0.532. The molecule has 0 aliphatic rings. The summed E-state index contributed by atoms with van der Waals surface area (Å²) in [4.78, 5) is 3.94. The third-order valence-corrected chi connectivity index (χ3v) is 0.988. The fraction of sp³-hybridized carbons (Fsp3) is 0.800. The zero-order chi connectivity index (χ0) is 7.28. The van der Waals surface area contributed by atoms with Gasteiger partial charge in [0, 0.05) is 13.0 Å². The standard InChI is InChI=1S/C5H14N4/c1-4(2)5(7-3)8-9-6/h4,9H,6H2,1-3H3,(H,7,8). The molecule has 0 bridgehead atoms. The van der Waals surface area contributed by atoms with Gasteiger partial charge in [0.25, 0.3) is 0 Å². The lowest BCUT2D eigenvalue weighted by Crippen LogP contribution is -2.44. The van der Waals surface area contributed by atoms with Crippen LogP contribution in [0, 0.1) is 5.92 Å². The summed E-state index contributed by atoms with van der Waals surface area (Å²) in [5, 5.41) is 0. The molecule has 0 radical (unpaired) electrons. The molecule has 54 valence electrons. The summed E-state index contributed by atoms with van der Waals surface area (Å²) in [6, 6.07) is 0. The predicted octanol–water partition coefficient (Wildman–Crippen LogP) is -0.361. The Hall–Kier alpha value is -0.610. The van der Waals surface area contributed by atoms with Crippen LogP contribution in [-0.4, -0.2) is 12.9 Å². The van der Waals surface area contributed by atoms with E-state index in [1.807, 2.05) is 13.8 Å². The normalized spacial score (nSPS) is 12.3. The Kier molecular flexibility index (Phi) is 4.00. The number of hydrogen-bond donors (Lipinski definition) is 3. The second-order valence-corrected chi connectivity index (χ2v) is 2.03. The van der Waals surface area contributed by atoms with E-state index in [9.17, 15) is 0 Å². The number of rotatable bonds is 2. The smallest absolute Gasteiger partial charge is 0.114 e. The van der Waals surface area contributed by atoms with E-state index in [0.29, 0.717) is 5.92 Å². The molecule has 0 spiro atoms. The molecule has 0 rings (SSSR count). The molecule has 0 aromatic carbocycles. The molecule has 0 aliphatic heterocycles. The number of nitrogens with zero attached hydrogens (tertiary/aromatic N) is 1. The molecule has 4 N–H and O–H groups in total. The fourth-order valence-corrected chi connectivity index (χ4v) is 0.532. The van der Waals surface area contributed by atoms with E-state index in [1.165, 1.54) is 0 Å². The Labute approximate surface area is 55.5 Å². The van der Waals surface area contributed by atoms with Gasteiger partial charge in [-0.2, -0.15) is 5.53 Å². The van der Waals surface area contributed by atoms with Crippen LogP contribution in [0.5, 0.6) is 0 Å². The van der Waals surface area contributed by atoms with E-state index in [0.717, 1.165) is 5.84 Å². The van der Waals surface area contributed by atoms with Crippen molar-refractivity contribution in [2.75, 3.05) is 7.05 Å². The Balaban J connectivity index is 3.70. The van der Waals surface area contributed by atoms with Gasteiger partial charge in [0.1, 0.15) is 5.84 Å². The van der Waals surface area contributed by atoms with Crippen molar-refractivity contribution in [2.45, 2.75) is 13.8 Å². The first-order chi connectivity index (χ1) is 4.22. The zero-order valence-electron chi connectivity index (χ0n) is 6.10. The van der Waals surface area contributed by atoms with Crippen LogP contribution in [-0.2, 0) is 0 Å². The van der Waals surface area contributed by atoms with Gasteiger partial charge >= 0.3 is 0 Å². The highest BCUT2D eigenvalue weighted by Crippen LogP contribution is 1.90. The van der Waals surface area contributed by atoms with Gasteiger partial charge in [-0.1, -0.05) is 13.8 Å². The van der Waals surface area contributed by atoms with Crippen molar-refractivity contribution < 1.29 is 0 Å². The van der Waals surface area contributed by atoms with E-state index in [-0.39, 0.29) is 0 Å². The summed E-state index contributed by atoms with van der Waals surface area (Å²) in [6.07, 6.45) is 0. The van der Waals surface area contributed by atoms with Crippen LogP contribution in [0.25, 0.3) is 0 Å². The molecule has 0 unspecified atom stereocenters. The third kappa shape index (κ3) is 3.05. The van der Waals surface area contributed by atoms with Crippen LogP contribution in [0.2, 0.25) is 0 Å². The molecule has 0 aromatic heterocycles. The first kappa shape index (κ1) is 8.39. The molecule has 0 aliphatic carbocycles. The molecule has 0 saturated heterocycles. The van der Waals surface area contributed by atoms with Crippen LogP contribution >= 0.6 is 0 Å². The van der Waals surface area contributed by atoms with E-state index in [4.69, 9.17) is 5.84 Å². The Morgan fingerprint density at radius 2 is 2.11 bits per heavy atom. The van der Waals surface area contributed by atoms with Crippen LogP contribution in [0.1, 0.15) is 13.8 Å². The van der Waals surface area contributed by atoms with E-state index >= 15 is 0 Å². The van der Waals surface area contributed by atoms with Crippen molar-refractivity contribution >= 4 is 5.84 Å². The number of aliphatic imine (C=N–C) groups is 1. The highest BCUT2D eigenvalue weighted by molar-refractivity contribution is 5.83. The number of nitrogens with one attached hydrogen (secondary N) is 2. The maximum Gasteiger partial charge on any atom is 0.114 e. The van der Waals surface area contributed by atoms with Crippen LogP contribution in [0.4, 0.5) is 0 Å². The summed E-state index contributed by atoms with van der Waals surface area (Å²) >= 11 is 0. The predicted molar refractivity (Wildman–Crippen MR) is 38.7 cm³/mol. The van der Waals surface area contributed by atoms with Gasteiger partial charge in [-0.3, -0.25) is 16.3 Å². The number of hydrazine groups is 2. The van der Waals surface area contributed by atoms with Gasteiger partial charge in [0.2, 0.25) is 0 Å². The topological polar surface area (TPSA) is 62.4 Å². The SMILES string of the molecule is CN=C(NNN)C(C)C. The van der Waals surface area contributed by atoms with Gasteiger partial charge in [0.05, 0.1) is 0 Å². The van der Waals surface area contributed by atoms with Crippen molar-refractivity contribution in [1.82, 2.24) is 11.0 Å². The largest absolute Gasteiger partial charge is 0.296 e. The van der Waals surface area contributed by atoms with Gasteiger partial charge in [0.15, 0.2) is 0 Å². The molecular formula is C5H14N4. The van der Waals surface area contributed by atoms with Crippen LogP contribution in [0.3, 0.4) is 0 Å². The van der Waals surface area contributed by atoms with Crippen molar-refractivity contribution in [1.29, 1.82) is 0 Å². The summed E-state index contributed by atoms with van der Waals surface area (Å²) < 4.78 is 0. The van der Waals surface area contributed by atoms with Gasteiger partial charge < -0.3 is 0 Å². The summed E-state index contributed by atoms with van der Waals surface area (Å²) in [5.41, 5.74) is 5.03. The molecule has 0 amide bonds. The minimum Gasteiger partial charge on any atom is -0.296 e. The monoisotopic (exact) mass is 130 g/mol. The van der Waals surface area contributed by atoms with E-state index in [2.05, 4.69) is 16.0 Å². The average molecular weight is 130 g/mol. The van der Waals surface area contributed by atoms with Gasteiger partial charge in [-0.05, 0) is 0 Å². The molecule has 0 atom stereocenters. The lowest BCUT2D eigenvalue weighted by Gasteiger charge is -2.09. The van der Waals surface area contributed by atoms with Crippen LogP contribution in [0.15, 0.2) is 4.99 Å². The molecule has 0 fully saturated rings. The quantitative estimate of drug-likeness (QED) is 0.207. The van der Waals surface area contributed by atoms with Crippen molar-refractivity contribution in [2.24, 2.45) is 16.8 Å². The first-order valence-corrected chi connectivity index (χ1v) is 2.90. The zero-order valence-corrected chi connectivity index (χ0v) is 6.10. The number of nitrogens with two attached hydrogens (primary N) is 1. The van der Waals surface area contributed by atoms with Gasteiger partial charge in [-0.15, -0.1) is 0 Å². The summed E-state index contributed by atoms with van der Waals surface area (Å²) in [7, 11) is 1.72. The second-order valence-electron chi connectivity index (χ2n) is 2.03. The summed E-state index contributed by atoms with van der Waals surface area (Å²) in [6.45, 7) is 4.07. The highest BCUT2D eigenvalue weighted by Gasteiger charge is 1.99. The first-order valence-electron chi connectivity index (χ1n) is 2.90. The second kappa shape index (κ2) is 4.29. The molecule has 0 aromatic rings. The number of amidine groups is 1. The minimum atomic E-state index is 0.381. The lowest BCUT2D eigenvalue weighted by atomic mass is 10.2. The molecule has 0 heterocycles. The minimum absolute atomic E-state index is 0.381. The molecular weight excluding hydrogens is 116 g/mol. The van der Waals surface area contributed by atoms with Gasteiger partial charge in [-0.25, -0.2) is 0 Å². The average Bonchev–Trinajstić information content (AvgIpc) is 1.82. The Bertz CT molecular complexity index is 97.1. The van der Waals surface area contributed by atoms with E-state index in [1.54, 1.807) is 7.05 Å². The Morgan fingerprint density at radius 1 is 1.56 bits per heavy atom.